The van der Waals surface area contributed by atoms with Gasteiger partial charge in [-0.3, -0.25) is 0 Å². The van der Waals surface area contributed by atoms with Crippen molar-refractivity contribution >= 4 is 5.65 Å². The number of hydrogen-bond acceptors (Lipinski definition) is 4. The summed E-state index contributed by atoms with van der Waals surface area (Å²) in [6.45, 7) is 0.680. The van der Waals surface area contributed by atoms with Gasteiger partial charge in [-0.1, -0.05) is 6.07 Å². The number of hydrogen-bond donors (Lipinski definition) is 0. The van der Waals surface area contributed by atoms with E-state index in [-0.39, 0.29) is 0 Å². The minimum Gasteiger partial charge on any atom is -0.384 e. The van der Waals surface area contributed by atoms with Crippen LogP contribution in [0.1, 0.15) is 5.69 Å². The van der Waals surface area contributed by atoms with Crippen LogP contribution in [0.15, 0.2) is 18.2 Å². The summed E-state index contributed by atoms with van der Waals surface area (Å²) in [5.74, 6) is 0. The molecule has 0 saturated carbocycles. The fraction of sp³-hybridized carbons (Fsp3) is 0.375. The number of rotatable bonds is 3. The Balaban J connectivity index is 2.37. The zero-order valence-corrected chi connectivity index (χ0v) is 7.34. The minimum atomic E-state index is 0.680. The van der Waals surface area contributed by atoms with Crippen molar-refractivity contribution < 1.29 is 4.74 Å². The molecule has 0 fully saturated rings. The molecule has 0 aromatic carbocycles. The van der Waals surface area contributed by atoms with E-state index < -0.39 is 0 Å². The van der Waals surface area contributed by atoms with Crippen LogP contribution in [-0.4, -0.2) is 33.8 Å². The molecule has 2 aromatic heterocycles. The Morgan fingerprint density at radius 3 is 3.23 bits per heavy atom. The van der Waals surface area contributed by atoms with E-state index in [9.17, 15) is 0 Å². The largest absolute Gasteiger partial charge is 0.384 e. The molecule has 13 heavy (non-hydrogen) atoms. The molecule has 2 rings (SSSR count). The second-order valence-corrected chi connectivity index (χ2v) is 2.71. The Morgan fingerprint density at radius 1 is 1.46 bits per heavy atom. The molecule has 0 saturated heterocycles. The Hall–Kier alpha value is -1.49. The van der Waals surface area contributed by atoms with Gasteiger partial charge in [-0.05, 0) is 22.6 Å². The van der Waals surface area contributed by atoms with Crippen LogP contribution >= 0.6 is 0 Å². The Morgan fingerprint density at radius 2 is 2.38 bits per heavy atom. The van der Waals surface area contributed by atoms with E-state index in [2.05, 4.69) is 15.5 Å². The van der Waals surface area contributed by atoms with Gasteiger partial charge in [-0.15, -0.1) is 5.10 Å². The second kappa shape index (κ2) is 3.49. The van der Waals surface area contributed by atoms with Gasteiger partial charge in [0.2, 0.25) is 0 Å². The summed E-state index contributed by atoms with van der Waals surface area (Å²) in [4.78, 5) is 0. The third-order valence-electron chi connectivity index (χ3n) is 1.86. The van der Waals surface area contributed by atoms with Crippen LogP contribution in [0.2, 0.25) is 0 Å². The third kappa shape index (κ3) is 1.50. The zero-order chi connectivity index (χ0) is 9.10. The van der Waals surface area contributed by atoms with Gasteiger partial charge >= 0.3 is 0 Å². The Bertz CT molecular complexity index is 398. The third-order valence-corrected chi connectivity index (χ3v) is 1.86. The summed E-state index contributed by atoms with van der Waals surface area (Å²) in [6, 6.07) is 5.80. The van der Waals surface area contributed by atoms with Crippen LogP contribution in [0.3, 0.4) is 0 Å². The maximum atomic E-state index is 4.99. The van der Waals surface area contributed by atoms with Gasteiger partial charge in [0.05, 0.1) is 6.61 Å². The van der Waals surface area contributed by atoms with E-state index in [1.807, 2.05) is 18.2 Å². The van der Waals surface area contributed by atoms with Gasteiger partial charge in [0.15, 0.2) is 5.65 Å². The van der Waals surface area contributed by atoms with Crippen LogP contribution in [-0.2, 0) is 11.2 Å². The first-order valence-corrected chi connectivity index (χ1v) is 4.07. The van der Waals surface area contributed by atoms with Crippen LogP contribution in [0.25, 0.3) is 5.65 Å². The van der Waals surface area contributed by atoms with Crippen molar-refractivity contribution in [1.29, 1.82) is 0 Å². The van der Waals surface area contributed by atoms with E-state index in [4.69, 9.17) is 4.74 Å². The summed E-state index contributed by atoms with van der Waals surface area (Å²) in [5.41, 5.74) is 1.83. The van der Waals surface area contributed by atoms with Crippen molar-refractivity contribution in [2.24, 2.45) is 0 Å². The predicted molar refractivity (Wildman–Crippen MR) is 46.4 cm³/mol. The molecule has 0 aliphatic carbocycles. The molecule has 68 valence electrons. The summed E-state index contributed by atoms with van der Waals surface area (Å²) in [5, 5.41) is 11.3. The molecule has 2 aromatic rings. The van der Waals surface area contributed by atoms with Crippen molar-refractivity contribution in [2.75, 3.05) is 13.7 Å². The maximum Gasteiger partial charge on any atom is 0.179 e. The van der Waals surface area contributed by atoms with E-state index >= 15 is 0 Å². The fourth-order valence-corrected chi connectivity index (χ4v) is 1.21. The molecule has 5 heteroatoms. The van der Waals surface area contributed by atoms with Crippen LogP contribution < -0.4 is 0 Å². The molecular formula is C8H10N4O. The van der Waals surface area contributed by atoms with Gasteiger partial charge in [0.1, 0.15) is 0 Å². The lowest BCUT2D eigenvalue weighted by molar-refractivity contribution is 0.201. The van der Waals surface area contributed by atoms with Crippen LogP contribution in [0, 0.1) is 0 Å². The highest BCUT2D eigenvalue weighted by Gasteiger charge is 2.01. The lowest BCUT2D eigenvalue weighted by Gasteiger charge is -2.00. The molecule has 2 heterocycles. The van der Waals surface area contributed by atoms with Gasteiger partial charge < -0.3 is 4.74 Å². The fourth-order valence-electron chi connectivity index (χ4n) is 1.21. The normalized spacial score (nSPS) is 10.8. The van der Waals surface area contributed by atoms with E-state index in [0.29, 0.717) is 6.61 Å². The van der Waals surface area contributed by atoms with Crippen molar-refractivity contribution in [2.45, 2.75) is 6.42 Å². The standard InChI is InChI=1S/C8H10N4O/c1-13-6-5-7-3-2-4-8-9-10-11-12(7)8/h2-4H,5-6H2,1H3. The second-order valence-electron chi connectivity index (χ2n) is 2.71. The molecule has 0 radical (unpaired) electrons. The van der Waals surface area contributed by atoms with Gasteiger partial charge in [-0.2, -0.15) is 4.52 Å². The SMILES string of the molecule is COCCc1cccc2nnnn12. The lowest BCUT2D eigenvalue weighted by atomic mass is 10.3. The Labute approximate surface area is 75.3 Å². The van der Waals surface area contributed by atoms with E-state index in [0.717, 1.165) is 17.8 Å². The smallest absolute Gasteiger partial charge is 0.179 e. The van der Waals surface area contributed by atoms with Crippen LogP contribution in [0.5, 0.6) is 0 Å². The highest BCUT2D eigenvalue weighted by Crippen LogP contribution is 2.02. The molecule has 5 nitrogen and oxygen atoms in total. The number of fused-ring (bicyclic) bond motifs is 1. The first-order chi connectivity index (χ1) is 6.42. The van der Waals surface area contributed by atoms with Crippen molar-refractivity contribution in [3.8, 4) is 0 Å². The average Bonchev–Trinajstić information content (AvgIpc) is 2.62. The van der Waals surface area contributed by atoms with Crippen molar-refractivity contribution in [1.82, 2.24) is 20.0 Å². The quantitative estimate of drug-likeness (QED) is 0.679. The summed E-state index contributed by atoms with van der Waals surface area (Å²) in [7, 11) is 1.68. The number of aromatic nitrogens is 4. The molecule has 0 N–H and O–H groups in total. The van der Waals surface area contributed by atoms with Gasteiger partial charge in [0.25, 0.3) is 0 Å². The van der Waals surface area contributed by atoms with E-state index in [1.54, 1.807) is 11.6 Å². The lowest BCUT2D eigenvalue weighted by Crippen LogP contribution is -2.02. The highest BCUT2D eigenvalue weighted by molar-refractivity contribution is 5.36. The molecule has 0 aliphatic rings. The Kier molecular flexibility index (Phi) is 2.18. The topological polar surface area (TPSA) is 52.3 Å². The summed E-state index contributed by atoms with van der Waals surface area (Å²) >= 11 is 0. The molecule has 0 aliphatic heterocycles. The molecule has 0 atom stereocenters. The first kappa shape index (κ1) is 8.12. The van der Waals surface area contributed by atoms with Crippen LogP contribution in [0.4, 0.5) is 0 Å². The van der Waals surface area contributed by atoms with E-state index in [1.165, 1.54) is 0 Å². The molecule has 0 bridgehead atoms. The minimum absolute atomic E-state index is 0.680. The first-order valence-electron chi connectivity index (χ1n) is 4.07. The predicted octanol–water partition coefficient (Wildman–Crippen LogP) is 0.313. The van der Waals surface area contributed by atoms with Gasteiger partial charge in [-0.25, -0.2) is 0 Å². The molecule has 0 spiro atoms. The molecular weight excluding hydrogens is 168 g/mol. The molecule has 0 amide bonds. The van der Waals surface area contributed by atoms with Crippen molar-refractivity contribution in [3.63, 3.8) is 0 Å². The molecule has 0 unspecified atom stereocenters. The zero-order valence-electron chi connectivity index (χ0n) is 7.34. The summed E-state index contributed by atoms with van der Waals surface area (Å²) in [6.07, 6.45) is 0.818. The maximum absolute atomic E-state index is 4.99. The van der Waals surface area contributed by atoms with Gasteiger partial charge in [0, 0.05) is 19.2 Å². The number of ether oxygens (including phenoxy) is 1. The number of methoxy groups -OCH3 is 1. The van der Waals surface area contributed by atoms with Crippen molar-refractivity contribution in [3.05, 3.63) is 23.9 Å². The number of nitrogens with zero attached hydrogens (tertiary/aromatic N) is 4. The average molecular weight is 178 g/mol. The number of tetrazole rings is 1. The number of pyridine rings is 1. The summed E-state index contributed by atoms with van der Waals surface area (Å²) < 4.78 is 6.71. The monoisotopic (exact) mass is 178 g/mol. The highest BCUT2D eigenvalue weighted by atomic mass is 16.5.